The van der Waals surface area contributed by atoms with Crippen molar-refractivity contribution in [2.24, 2.45) is 0 Å². The summed E-state index contributed by atoms with van der Waals surface area (Å²) < 4.78 is 43.2. The van der Waals surface area contributed by atoms with E-state index in [1.165, 1.54) is 13.8 Å². The average molecular weight is 568 g/mol. The van der Waals surface area contributed by atoms with Crippen LogP contribution >= 0.6 is 11.3 Å². The minimum absolute atomic E-state index is 0.0461. The third kappa shape index (κ3) is 7.27. The molecule has 1 aliphatic carbocycles. The molecule has 0 unspecified atom stereocenters. The molecular weight excluding hydrogens is 531 g/mol. The number of hydrogen-bond acceptors (Lipinski definition) is 7. The molecule has 8 nitrogen and oxygen atoms in total. The van der Waals surface area contributed by atoms with Crippen LogP contribution in [0.5, 0.6) is 0 Å². The highest BCUT2D eigenvalue weighted by atomic mass is 32.1. The second-order valence-corrected chi connectivity index (χ2v) is 12.1. The van der Waals surface area contributed by atoms with Crippen LogP contribution in [-0.2, 0) is 6.18 Å². The Hall–Kier alpha value is -2.73. The predicted octanol–water partition coefficient (Wildman–Crippen LogP) is 5.48. The van der Waals surface area contributed by atoms with Gasteiger partial charge in [0.1, 0.15) is 11.5 Å². The van der Waals surface area contributed by atoms with E-state index in [0.717, 1.165) is 75.0 Å². The average Bonchev–Trinajstić information content (AvgIpc) is 3.32. The fraction of sp³-hybridized carbons (Fsp3) is 0.630. The quantitative estimate of drug-likeness (QED) is 0.409. The summed E-state index contributed by atoms with van der Waals surface area (Å²) in [6.07, 6.45) is 3.79. The summed E-state index contributed by atoms with van der Waals surface area (Å²) in [7, 11) is 0. The molecule has 0 aromatic carbocycles. The summed E-state index contributed by atoms with van der Waals surface area (Å²) in [6.45, 7) is 5.29. The van der Waals surface area contributed by atoms with Crippen LogP contribution in [0.1, 0.15) is 98.0 Å². The first-order chi connectivity index (χ1) is 18.3. The summed E-state index contributed by atoms with van der Waals surface area (Å²) in [5.74, 6) is -1.05. The number of hydrogen-bond donors (Lipinski definition) is 3. The normalized spacial score (nSPS) is 19.2. The molecule has 0 radical (unpaired) electrons. The maximum absolute atomic E-state index is 14.4. The van der Waals surface area contributed by atoms with Gasteiger partial charge in [-0.05, 0) is 58.9 Å². The van der Waals surface area contributed by atoms with Gasteiger partial charge in [0.2, 0.25) is 0 Å². The van der Waals surface area contributed by atoms with Gasteiger partial charge < -0.3 is 20.6 Å². The highest BCUT2D eigenvalue weighted by Gasteiger charge is 2.38. The number of halogens is 3. The highest BCUT2D eigenvalue weighted by molar-refractivity contribution is 7.17. The molecule has 1 atom stereocenters. The Bertz CT molecular complexity index is 1190. The summed E-state index contributed by atoms with van der Waals surface area (Å²) in [5.41, 5.74) is -2.62. The van der Waals surface area contributed by atoms with E-state index in [1.807, 2.05) is 6.92 Å². The topological polar surface area (TPSA) is 107 Å². The molecule has 2 aliphatic rings. The lowest BCUT2D eigenvalue weighted by molar-refractivity contribution is -0.137. The minimum Gasteiger partial charge on any atom is -0.389 e. The van der Waals surface area contributed by atoms with E-state index in [4.69, 9.17) is 0 Å². The molecule has 2 aromatic rings. The zero-order chi connectivity index (χ0) is 28.4. The number of carbonyl (C=O) groups is 2. The van der Waals surface area contributed by atoms with Crippen molar-refractivity contribution in [2.75, 3.05) is 18.4 Å². The first kappa shape index (κ1) is 29.3. The molecule has 12 heteroatoms. The fourth-order valence-electron chi connectivity index (χ4n) is 5.06. The Labute approximate surface area is 230 Å². The monoisotopic (exact) mass is 567 g/mol. The third-order valence-corrected chi connectivity index (χ3v) is 8.27. The molecule has 1 saturated heterocycles. The van der Waals surface area contributed by atoms with Gasteiger partial charge in [-0.1, -0.05) is 19.3 Å². The zero-order valence-electron chi connectivity index (χ0n) is 22.5. The molecule has 2 aromatic heterocycles. The van der Waals surface area contributed by atoms with Crippen LogP contribution < -0.4 is 10.6 Å². The summed E-state index contributed by atoms with van der Waals surface area (Å²) in [6, 6.07) is 0.941. The molecule has 214 valence electrons. The molecule has 4 rings (SSSR count). The van der Waals surface area contributed by atoms with E-state index >= 15 is 0 Å². The first-order valence-electron chi connectivity index (χ1n) is 13.5. The number of likely N-dealkylation sites (tertiary alicyclic amines) is 1. The van der Waals surface area contributed by atoms with E-state index < -0.39 is 29.2 Å². The lowest BCUT2D eigenvalue weighted by Gasteiger charge is -2.33. The maximum Gasteiger partial charge on any atom is 0.417 e. The molecule has 2 fully saturated rings. The van der Waals surface area contributed by atoms with Gasteiger partial charge in [0.25, 0.3) is 11.8 Å². The largest absolute Gasteiger partial charge is 0.417 e. The van der Waals surface area contributed by atoms with Crippen LogP contribution in [0, 0.1) is 0 Å². The van der Waals surface area contributed by atoms with Crippen LogP contribution in [0.4, 0.5) is 19.0 Å². The number of nitrogens with zero attached hydrogens (tertiary/aromatic N) is 3. The summed E-state index contributed by atoms with van der Waals surface area (Å²) in [4.78, 5) is 36.6. The second kappa shape index (κ2) is 11.8. The Morgan fingerprint density at radius 3 is 2.46 bits per heavy atom. The number of nitrogens with one attached hydrogen (secondary N) is 2. The van der Waals surface area contributed by atoms with Gasteiger partial charge in [0, 0.05) is 36.9 Å². The van der Waals surface area contributed by atoms with Gasteiger partial charge in [0.15, 0.2) is 5.01 Å². The summed E-state index contributed by atoms with van der Waals surface area (Å²) >= 11 is 0.724. The van der Waals surface area contributed by atoms with E-state index in [9.17, 15) is 27.9 Å². The van der Waals surface area contributed by atoms with Crippen LogP contribution in [-0.4, -0.2) is 62.6 Å². The van der Waals surface area contributed by atoms with Gasteiger partial charge in [-0.2, -0.15) is 13.2 Å². The molecule has 39 heavy (non-hydrogen) atoms. The number of carbonyl (C=O) groups excluding carboxylic acids is 2. The number of alkyl halides is 3. The predicted molar refractivity (Wildman–Crippen MR) is 144 cm³/mol. The number of piperidine rings is 1. The second-order valence-electron chi connectivity index (χ2n) is 11.1. The van der Waals surface area contributed by atoms with Gasteiger partial charge in [-0.25, -0.2) is 9.97 Å². The number of amides is 2. The van der Waals surface area contributed by atoms with Crippen LogP contribution in [0.15, 0.2) is 12.3 Å². The van der Waals surface area contributed by atoms with Crippen molar-refractivity contribution in [3.05, 3.63) is 28.5 Å². The highest BCUT2D eigenvalue weighted by Crippen LogP contribution is 2.42. The number of anilines is 1. The van der Waals surface area contributed by atoms with Crippen molar-refractivity contribution in [3.63, 3.8) is 0 Å². The molecule has 3 N–H and O–H groups in total. The SMILES string of the molecule is C[C@H]1CCCCN1C(=O)c1nc(C(=O)NCC(C)(C)O)sc1-c1cnc(NC2CCCCC2)cc1C(F)(F)F. The van der Waals surface area contributed by atoms with Crippen molar-refractivity contribution >= 4 is 29.0 Å². The molecule has 1 aliphatic heterocycles. The van der Waals surface area contributed by atoms with Crippen molar-refractivity contribution < 1.29 is 27.9 Å². The van der Waals surface area contributed by atoms with Gasteiger partial charge >= 0.3 is 6.18 Å². The number of thiazole rings is 1. The standard InChI is InChI=1S/C27H36F3N5O3S/c1-16-9-7-8-12-35(16)25(37)21-22(39-24(34-21)23(36)32-15-26(2,3)38)18-14-31-20(13-19(18)27(28,29)30)33-17-10-5-4-6-11-17/h13-14,16-17,38H,4-12,15H2,1-3H3,(H,31,33)(H,32,36)/t16-/m0/s1. The molecule has 0 spiro atoms. The van der Waals surface area contributed by atoms with Crippen molar-refractivity contribution in [1.82, 2.24) is 20.2 Å². The molecule has 2 amide bonds. The Morgan fingerprint density at radius 2 is 1.82 bits per heavy atom. The Morgan fingerprint density at radius 1 is 1.13 bits per heavy atom. The van der Waals surface area contributed by atoms with Crippen LogP contribution in [0.3, 0.4) is 0 Å². The third-order valence-electron chi connectivity index (χ3n) is 7.18. The first-order valence-corrected chi connectivity index (χ1v) is 14.3. The molecule has 3 heterocycles. The maximum atomic E-state index is 14.4. The van der Waals surface area contributed by atoms with Crippen LogP contribution in [0.2, 0.25) is 0 Å². The van der Waals surface area contributed by atoms with Crippen LogP contribution in [0.25, 0.3) is 10.4 Å². The van der Waals surface area contributed by atoms with Gasteiger partial charge in [0.05, 0.1) is 16.0 Å². The number of aliphatic hydroxyl groups is 1. The number of rotatable bonds is 7. The molecular formula is C27H36F3N5O3S. The van der Waals surface area contributed by atoms with Crippen molar-refractivity contribution in [2.45, 2.75) is 96.0 Å². The van der Waals surface area contributed by atoms with E-state index in [1.54, 1.807) is 4.90 Å². The van der Waals surface area contributed by atoms with E-state index in [-0.39, 0.29) is 45.6 Å². The van der Waals surface area contributed by atoms with E-state index in [2.05, 4.69) is 20.6 Å². The Kier molecular flexibility index (Phi) is 8.85. The Balaban J connectivity index is 1.76. The number of aromatic nitrogens is 2. The lowest BCUT2D eigenvalue weighted by Crippen LogP contribution is -2.42. The minimum atomic E-state index is -4.73. The van der Waals surface area contributed by atoms with Crippen molar-refractivity contribution in [3.8, 4) is 10.4 Å². The fourth-order valence-corrected chi connectivity index (χ4v) is 6.06. The molecule has 0 bridgehead atoms. The van der Waals surface area contributed by atoms with Crippen molar-refractivity contribution in [1.29, 1.82) is 0 Å². The summed E-state index contributed by atoms with van der Waals surface area (Å²) in [5, 5.41) is 15.5. The molecule has 1 saturated carbocycles. The van der Waals surface area contributed by atoms with Gasteiger partial charge in [-0.3, -0.25) is 9.59 Å². The lowest BCUT2D eigenvalue weighted by atomic mass is 9.95. The van der Waals surface area contributed by atoms with E-state index in [0.29, 0.717) is 6.54 Å². The van der Waals surface area contributed by atoms with Gasteiger partial charge in [-0.15, -0.1) is 11.3 Å². The zero-order valence-corrected chi connectivity index (χ0v) is 23.3. The number of pyridine rings is 1. The smallest absolute Gasteiger partial charge is 0.389 e.